The van der Waals surface area contributed by atoms with Crippen molar-refractivity contribution in [2.45, 2.75) is 39.3 Å². The summed E-state index contributed by atoms with van der Waals surface area (Å²) in [6.07, 6.45) is 0.327. The van der Waals surface area contributed by atoms with Crippen LogP contribution in [-0.4, -0.2) is 24.0 Å². The third-order valence-corrected chi connectivity index (χ3v) is 4.84. The second kappa shape index (κ2) is 7.57. The molecule has 5 nitrogen and oxygen atoms in total. The smallest absolute Gasteiger partial charge is 0.222 e. The van der Waals surface area contributed by atoms with Gasteiger partial charge in [0, 0.05) is 18.0 Å². The second-order valence-corrected chi connectivity index (χ2v) is 6.70. The Bertz CT molecular complexity index is 665. The Kier molecular flexibility index (Phi) is 5.74. The number of aromatic nitrogens is 1. The molecule has 0 saturated heterocycles. The lowest BCUT2D eigenvalue weighted by molar-refractivity contribution is -0.121. The van der Waals surface area contributed by atoms with Crippen LogP contribution in [0.3, 0.4) is 0 Å². The molecule has 2 unspecified atom stereocenters. The monoisotopic (exact) mass is 333 g/mol. The van der Waals surface area contributed by atoms with Crippen LogP contribution in [0.5, 0.6) is 5.75 Å². The van der Waals surface area contributed by atoms with Crippen LogP contribution in [0, 0.1) is 6.92 Å². The summed E-state index contributed by atoms with van der Waals surface area (Å²) in [6.45, 7) is 5.76. The minimum atomic E-state index is -0.139. The van der Waals surface area contributed by atoms with Crippen molar-refractivity contribution in [2.24, 2.45) is 5.73 Å². The van der Waals surface area contributed by atoms with Crippen molar-refractivity contribution in [1.82, 2.24) is 10.3 Å². The molecule has 0 saturated carbocycles. The van der Waals surface area contributed by atoms with Crippen molar-refractivity contribution in [3.63, 3.8) is 0 Å². The molecule has 1 amide bonds. The van der Waals surface area contributed by atoms with Crippen LogP contribution in [0.4, 0.5) is 0 Å². The van der Waals surface area contributed by atoms with E-state index in [4.69, 9.17) is 10.5 Å². The van der Waals surface area contributed by atoms with Gasteiger partial charge in [0.2, 0.25) is 5.91 Å². The lowest BCUT2D eigenvalue weighted by Crippen LogP contribution is -2.31. The topological polar surface area (TPSA) is 77.2 Å². The molecular formula is C17H23N3O2S. The zero-order chi connectivity index (χ0) is 17.0. The highest BCUT2D eigenvalue weighted by molar-refractivity contribution is 7.15. The Morgan fingerprint density at radius 2 is 2.00 bits per heavy atom. The maximum Gasteiger partial charge on any atom is 0.222 e. The maximum absolute atomic E-state index is 11.9. The van der Waals surface area contributed by atoms with E-state index in [2.05, 4.69) is 10.3 Å². The number of thiazole rings is 1. The molecule has 3 N–H and O–H groups in total. The molecule has 0 aliphatic rings. The third kappa shape index (κ3) is 4.53. The molecule has 1 heterocycles. The molecule has 0 spiro atoms. The van der Waals surface area contributed by atoms with Gasteiger partial charge in [-0.3, -0.25) is 4.79 Å². The second-order valence-electron chi connectivity index (χ2n) is 5.67. The van der Waals surface area contributed by atoms with Gasteiger partial charge in [-0.2, -0.15) is 0 Å². The molecule has 0 aliphatic carbocycles. The number of benzene rings is 1. The number of methoxy groups -OCH3 is 1. The first kappa shape index (κ1) is 17.4. The molecule has 2 aromatic rings. The van der Waals surface area contributed by atoms with E-state index in [9.17, 15) is 4.79 Å². The lowest BCUT2D eigenvalue weighted by Gasteiger charge is -2.13. The molecule has 0 radical (unpaired) electrons. The molecule has 0 aliphatic heterocycles. The number of nitrogens with zero attached hydrogens (tertiary/aromatic N) is 1. The number of carbonyl (C=O) groups excluding carboxylic acids is 1. The number of nitrogens with two attached hydrogens (primary N) is 1. The largest absolute Gasteiger partial charge is 0.497 e. The lowest BCUT2D eigenvalue weighted by atomic mass is 10.2. The highest BCUT2D eigenvalue weighted by Gasteiger charge is 2.17. The molecule has 0 bridgehead atoms. The van der Waals surface area contributed by atoms with Crippen LogP contribution in [0.2, 0.25) is 0 Å². The van der Waals surface area contributed by atoms with Gasteiger partial charge < -0.3 is 15.8 Å². The van der Waals surface area contributed by atoms with Crippen LogP contribution in [0.15, 0.2) is 24.3 Å². The Hall–Kier alpha value is -1.92. The zero-order valence-corrected chi connectivity index (χ0v) is 14.7. The molecule has 0 fully saturated rings. The number of carbonyl (C=O) groups is 1. The fourth-order valence-corrected chi connectivity index (χ4v) is 3.40. The number of ether oxygens (including phenoxy) is 1. The number of amides is 1. The van der Waals surface area contributed by atoms with Crippen LogP contribution in [-0.2, 0) is 4.79 Å². The van der Waals surface area contributed by atoms with Gasteiger partial charge >= 0.3 is 0 Å². The fraction of sp³-hybridized carbons (Fsp3) is 0.412. The van der Waals surface area contributed by atoms with Crippen LogP contribution >= 0.6 is 11.3 Å². The molecular weight excluding hydrogens is 310 g/mol. The van der Waals surface area contributed by atoms with Gasteiger partial charge in [0.05, 0.1) is 23.7 Å². The van der Waals surface area contributed by atoms with Crippen LogP contribution in [0.1, 0.15) is 36.9 Å². The Balaban J connectivity index is 2.14. The quantitative estimate of drug-likeness (QED) is 0.852. The standard InChI is InChI=1S/C17H23N3O2S/c1-10(18)9-15(21)19-11(2)16-12(3)20-17(23-16)13-5-7-14(22-4)8-6-13/h5-8,10-11H,9,18H2,1-4H3,(H,19,21). The zero-order valence-electron chi connectivity index (χ0n) is 13.9. The van der Waals surface area contributed by atoms with E-state index in [1.807, 2.05) is 45.0 Å². The molecule has 2 rings (SSSR count). The van der Waals surface area contributed by atoms with E-state index in [-0.39, 0.29) is 18.0 Å². The normalized spacial score (nSPS) is 13.4. The van der Waals surface area contributed by atoms with Crippen molar-refractivity contribution in [3.05, 3.63) is 34.8 Å². The molecule has 6 heteroatoms. The summed E-state index contributed by atoms with van der Waals surface area (Å²) in [5.74, 6) is 0.782. The van der Waals surface area contributed by atoms with Crippen molar-refractivity contribution in [1.29, 1.82) is 0 Å². The first-order chi connectivity index (χ1) is 10.9. The Morgan fingerprint density at radius 3 is 2.57 bits per heavy atom. The Morgan fingerprint density at radius 1 is 1.35 bits per heavy atom. The van der Waals surface area contributed by atoms with Crippen LogP contribution in [0.25, 0.3) is 10.6 Å². The van der Waals surface area contributed by atoms with Gasteiger partial charge in [-0.1, -0.05) is 0 Å². The van der Waals surface area contributed by atoms with Gasteiger partial charge in [-0.05, 0) is 45.0 Å². The summed E-state index contributed by atoms with van der Waals surface area (Å²) in [5, 5.41) is 3.92. The SMILES string of the molecule is COc1ccc(-c2nc(C)c(C(C)NC(=O)CC(C)N)s2)cc1. The number of aryl methyl sites for hydroxylation is 1. The van der Waals surface area contributed by atoms with Gasteiger partial charge in [0.25, 0.3) is 0 Å². The number of nitrogens with one attached hydrogen (secondary N) is 1. The van der Waals surface area contributed by atoms with Gasteiger partial charge in [-0.25, -0.2) is 4.98 Å². The van der Waals surface area contributed by atoms with Crippen molar-refractivity contribution in [2.75, 3.05) is 7.11 Å². The van der Waals surface area contributed by atoms with Crippen molar-refractivity contribution < 1.29 is 9.53 Å². The number of hydrogen-bond donors (Lipinski definition) is 2. The average molecular weight is 333 g/mol. The first-order valence-electron chi connectivity index (χ1n) is 7.57. The van der Waals surface area contributed by atoms with Gasteiger partial charge in [0.15, 0.2) is 0 Å². The summed E-state index contributed by atoms with van der Waals surface area (Å²) in [7, 11) is 1.65. The van der Waals surface area contributed by atoms with E-state index in [1.54, 1.807) is 18.4 Å². The predicted molar refractivity (Wildman–Crippen MR) is 93.7 cm³/mol. The predicted octanol–water partition coefficient (Wildman–Crippen LogP) is 3.04. The third-order valence-electron chi connectivity index (χ3n) is 3.45. The van der Waals surface area contributed by atoms with Crippen LogP contribution < -0.4 is 15.8 Å². The summed E-state index contributed by atoms with van der Waals surface area (Å²) in [6, 6.07) is 7.59. The van der Waals surface area contributed by atoms with Crippen molar-refractivity contribution in [3.8, 4) is 16.3 Å². The van der Waals surface area contributed by atoms with E-state index in [0.717, 1.165) is 26.9 Å². The minimum Gasteiger partial charge on any atom is -0.497 e. The number of rotatable bonds is 6. The molecule has 23 heavy (non-hydrogen) atoms. The highest BCUT2D eigenvalue weighted by Crippen LogP contribution is 2.32. The number of hydrogen-bond acceptors (Lipinski definition) is 5. The minimum absolute atomic E-state index is 0.0358. The van der Waals surface area contributed by atoms with E-state index in [0.29, 0.717) is 6.42 Å². The first-order valence-corrected chi connectivity index (χ1v) is 8.39. The fourth-order valence-electron chi connectivity index (χ4n) is 2.33. The molecule has 1 aromatic heterocycles. The van der Waals surface area contributed by atoms with E-state index >= 15 is 0 Å². The maximum atomic E-state index is 11.9. The van der Waals surface area contributed by atoms with Crippen molar-refractivity contribution >= 4 is 17.2 Å². The van der Waals surface area contributed by atoms with E-state index < -0.39 is 0 Å². The molecule has 124 valence electrons. The summed E-state index contributed by atoms with van der Waals surface area (Å²) >= 11 is 1.60. The molecule has 2 atom stereocenters. The summed E-state index contributed by atoms with van der Waals surface area (Å²) in [5.41, 5.74) is 7.64. The molecule has 1 aromatic carbocycles. The average Bonchev–Trinajstić information content (AvgIpc) is 2.88. The summed E-state index contributed by atoms with van der Waals surface area (Å²) in [4.78, 5) is 17.6. The summed E-state index contributed by atoms with van der Waals surface area (Å²) < 4.78 is 5.17. The van der Waals surface area contributed by atoms with Gasteiger partial charge in [0.1, 0.15) is 10.8 Å². The van der Waals surface area contributed by atoms with Gasteiger partial charge in [-0.15, -0.1) is 11.3 Å². The van der Waals surface area contributed by atoms with E-state index in [1.165, 1.54) is 0 Å². The highest BCUT2D eigenvalue weighted by atomic mass is 32.1. The Labute approximate surface area is 140 Å².